The molecule has 3 aromatic carbocycles. The predicted octanol–water partition coefficient (Wildman–Crippen LogP) is 6.16. The molecule has 0 saturated carbocycles. The van der Waals surface area contributed by atoms with Crippen LogP contribution in [0.5, 0.6) is 11.5 Å². The van der Waals surface area contributed by atoms with Gasteiger partial charge in [-0.05, 0) is 66.6 Å². The Morgan fingerprint density at radius 3 is 2.35 bits per heavy atom. The summed E-state index contributed by atoms with van der Waals surface area (Å²) in [5, 5.41) is 3.68. The van der Waals surface area contributed by atoms with Crippen LogP contribution >= 0.6 is 23.2 Å². The Balaban J connectivity index is 1.47. The Bertz CT molecular complexity index is 1160. The van der Waals surface area contributed by atoms with E-state index in [0.717, 1.165) is 11.1 Å². The summed E-state index contributed by atoms with van der Waals surface area (Å²) in [7, 11) is 1.50. The van der Waals surface area contributed by atoms with Crippen LogP contribution in [0.15, 0.2) is 72.8 Å². The fourth-order valence-corrected chi connectivity index (χ4v) is 3.23. The zero-order valence-corrected chi connectivity index (χ0v) is 20.1. The highest BCUT2D eigenvalue weighted by Gasteiger charge is 2.17. The van der Waals surface area contributed by atoms with Crippen LogP contribution in [0, 0.1) is 0 Å². The van der Waals surface area contributed by atoms with Gasteiger partial charge in [0.15, 0.2) is 6.10 Å². The van der Waals surface area contributed by atoms with E-state index in [-0.39, 0.29) is 0 Å². The van der Waals surface area contributed by atoms with Gasteiger partial charge in [-0.1, -0.05) is 47.5 Å². The highest BCUT2D eigenvalue weighted by molar-refractivity contribution is 6.32. The average Bonchev–Trinajstić information content (AvgIpc) is 2.83. The van der Waals surface area contributed by atoms with Crippen molar-refractivity contribution >= 4 is 46.8 Å². The first-order valence-corrected chi connectivity index (χ1v) is 11.1. The van der Waals surface area contributed by atoms with Gasteiger partial charge in [-0.15, -0.1) is 0 Å². The number of amides is 1. The molecule has 1 atom stereocenters. The summed E-state index contributed by atoms with van der Waals surface area (Å²) >= 11 is 11.9. The molecule has 6 nitrogen and oxygen atoms in total. The van der Waals surface area contributed by atoms with E-state index in [0.29, 0.717) is 33.8 Å². The number of benzene rings is 3. The van der Waals surface area contributed by atoms with E-state index in [9.17, 15) is 9.59 Å². The van der Waals surface area contributed by atoms with Crippen LogP contribution in [-0.2, 0) is 20.9 Å². The normalized spacial score (nSPS) is 11.6. The van der Waals surface area contributed by atoms with Gasteiger partial charge in [0, 0.05) is 16.8 Å². The molecular formula is C26H23Cl2NO5. The number of carbonyl (C=O) groups excluding carboxylic acids is 2. The van der Waals surface area contributed by atoms with E-state index >= 15 is 0 Å². The number of ether oxygens (including phenoxy) is 3. The van der Waals surface area contributed by atoms with Crippen LogP contribution in [0.4, 0.5) is 5.69 Å². The van der Waals surface area contributed by atoms with E-state index in [1.165, 1.54) is 20.1 Å². The SMILES string of the molecule is COc1ccc(NC(=O)C(C)OC(=O)/C=C/c2ccc(OCc3ccc(Cl)cc3)cc2)cc1Cl. The third kappa shape index (κ3) is 7.54. The van der Waals surface area contributed by atoms with Gasteiger partial charge >= 0.3 is 5.97 Å². The molecule has 8 heteroatoms. The molecule has 176 valence electrons. The molecule has 0 bridgehead atoms. The summed E-state index contributed by atoms with van der Waals surface area (Å²) in [6, 6.07) is 19.5. The zero-order chi connectivity index (χ0) is 24.5. The summed E-state index contributed by atoms with van der Waals surface area (Å²) in [6.07, 6.45) is 1.86. The molecule has 0 aliphatic rings. The van der Waals surface area contributed by atoms with Crippen LogP contribution in [0.25, 0.3) is 6.08 Å². The molecule has 0 saturated heterocycles. The number of hydrogen-bond donors (Lipinski definition) is 1. The number of hydrogen-bond acceptors (Lipinski definition) is 5. The van der Waals surface area contributed by atoms with E-state index in [1.54, 1.807) is 36.4 Å². The van der Waals surface area contributed by atoms with Gasteiger partial charge in [-0.25, -0.2) is 4.79 Å². The van der Waals surface area contributed by atoms with Crippen LogP contribution in [0.3, 0.4) is 0 Å². The Morgan fingerprint density at radius 1 is 1.00 bits per heavy atom. The maximum atomic E-state index is 12.3. The Hall–Kier alpha value is -3.48. The summed E-state index contributed by atoms with van der Waals surface area (Å²) in [5.74, 6) is 0.0627. The lowest BCUT2D eigenvalue weighted by molar-refractivity contribution is -0.148. The number of nitrogens with one attached hydrogen (secondary N) is 1. The van der Waals surface area contributed by atoms with Crippen molar-refractivity contribution < 1.29 is 23.8 Å². The molecule has 3 rings (SSSR count). The molecule has 0 fully saturated rings. The Morgan fingerprint density at radius 2 is 1.71 bits per heavy atom. The molecule has 34 heavy (non-hydrogen) atoms. The fourth-order valence-electron chi connectivity index (χ4n) is 2.84. The van der Waals surface area contributed by atoms with Gasteiger partial charge in [-0.2, -0.15) is 0 Å². The van der Waals surface area contributed by atoms with Crippen molar-refractivity contribution in [1.29, 1.82) is 0 Å². The minimum Gasteiger partial charge on any atom is -0.495 e. The van der Waals surface area contributed by atoms with Crippen molar-refractivity contribution in [2.75, 3.05) is 12.4 Å². The third-order valence-electron chi connectivity index (χ3n) is 4.69. The second-order valence-electron chi connectivity index (χ2n) is 7.24. The zero-order valence-electron chi connectivity index (χ0n) is 18.6. The second-order valence-corrected chi connectivity index (χ2v) is 8.08. The van der Waals surface area contributed by atoms with Crippen molar-refractivity contribution in [1.82, 2.24) is 0 Å². The monoisotopic (exact) mass is 499 g/mol. The van der Waals surface area contributed by atoms with Gasteiger partial charge in [0.25, 0.3) is 5.91 Å². The Labute approximate surface area is 208 Å². The van der Waals surface area contributed by atoms with E-state index in [2.05, 4.69) is 5.32 Å². The average molecular weight is 500 g/mol. The second kappa shape index (κ2) is 12.1. The lowest BCUT2D eigenvalue weighted by Gasteiger charge is -2.13. The molecular weight excluding hydrogens is 477 g/mol. The first-order chi connectivity index (χ1) is 16.3. The van der Waals surface area contributed by atoms with Crippen molar-refractivity contribution in [2.24, 2.45) is 0 Å². The summed E-state index contributed by atoms with van der Waals surface area (Å²) < 4.78 is 16.0. The van der Waals surface area contributed by atoms with Crippen molar-refractivity contribution in [3.63, 3.8) is 0 Å². The molecule has 3 aromatic rings. The quantitative estimate of drug-likeness (QED) is 0.281. The Kier molecular flexibility index (Phi) is 8.96. The molecule has 1 amide bonds. The summed E-state index contributed by atoms with van der Waals surface area (Å²) in [4.78, 5) is 24.4. The maximum absolute atomic E-state index is 12.3. The molecule has 0 radical (unpaired) electrons. The van der Waals surface area contributed by atoms with Crippen LogP contribution in [0.2, 0.25) is 10.0 Å². The molecule has 0 aliphatic heterocycles. The smallest absolute Gasteiger partial charge is 0.331 e. The van der Waals surface area contributed by atoms with Crippen LogP contribution in [0.1, 0.15) is 18.1 Å². The first kappa shape index (κ1) is 25.1. The summed E-state index contributed by atoms with van der Waals surface area (Å²) in [5.41, 5.74) is 2.25. The topological polar surface area (TPSA) is 73.9 Å². The molecule has 1 unspecified atom stereocenters. The largest absolute Gasteiger partial charge is 0.495 e. The first-order valence-electron chi connectivity index (χ1n) is 10.3. The molecule has 0 heterocycles. The summed E-state index contributed by atoms with van der Waals surface area (Å²) in [6.45, 7) is 1.90. The number of esters is 1. The number of halogens is 2. The highest BCUT2D eigenvalue weighted by atomic mass is 35.5. The lowest BCUT2D eigenvalue weighted by Crippen LogP contribution is -2.29. The van der Waals surface area contributed by atoms with E-state index in [4.69, 9.17) is 37.4 Å². The van der Waals surface area contributed by atoms with E-state index < -0.39 is 18.0 Å². The van der Waals surface area contributed by atoms with Crippen LogP contribution < -0.4 is 14.8 Å². The number of methoxy groups -OCH3 is 1. The minimum absolute atomic E-state index is 0.356. The molecule has 0 aliphatic carbocycles. The molecule has 0 aromatic heterocycles. The van der Waals surface area contributed by atoms with Gasteiger partial charge in [-0.3, -0.25) is 4.79 Å². The predicted molar refractivity (Wildman–Crippen MR) is 133 cm³/mol. The van der Waals surface area contributed by atoms with Gasteiger partial charge < -0.3 is 19.5 Å². The molecule has 1 N–H and O–H groups in total. The van der Waals surface area contributed by atoms with Gasteiger partial charge in [0.2, 0.25) is 0 Å². The van der Waals surface area contributed by atoms with Crippen molar-refractivity contribution in [2.45, 2.75) is 19.6 Å². The maximum Gasteiger partial charge on any atom is 0.331 e. The van der Waals surface area contributed by atoms with Gasteiger partial charge in [0.05, 0.1) is 12.1 Å². The number of rotatable bonds is 9. The van der Waals surface area contributed by atoms with Crippen molar-refractivity contribution in [3.8, 4) is 11.5 Å². The van der Waals surface area contributed by atoms with Crippen molar-refractivity contribution in [3.05, 3.63) is 94.0 Å². The standard InChI is InChI=1S/C26H23Cl2NO5/c1-17(26(31)29-21-10-13-24(32-2)23(28)15-21)34-25(30)14-7-18-5-11-22(12-6-18)33-16-19-3-8-20(27)9-4-19/h3-15,17H,16H2,1-2H3,(H,29,31)/b14-7+. The highest BCUT2D eigenvalue weighted by Crippen LogP contribution is 2.27. The number of anilines is 1. The fraction of sp³-hybridized carbons (Fsp3) is 0.154. The van der Waals surface area contributed by atoms with Crippen LogP contribution in [-0.4, -0.2) is 25.1 Å². The van der Waals surface area contributed by atoms with E-state index in [1.807, 2.05) is 36.4 Å². The minimum atomic E-state index is -0.998. The lowest BCUT2D eigenvalue weighted by atomic mass is 10.2. The van der Waals surface area contributed by atoms with Gasteiger partial charge in [0.1, 0.15) is 18.1 Å². The third-order valence-corrected chi connectivity index (χ3v) is 5.24. The molecule has 0 spiro atoms. The number of carbonyl (C=O) groups is 2.